The van der Waals surface area contributed by atoms with E-state index in [0.29, 0.717) is 12.8 Å². The second kappa shape index (κ2) is 9.24. The van der Waals surface area contributed by atoms with Gasteiger partial charge in [0.2, 0.25) is 23.6 Å². The number of nitrogens with one attached hydrogen (secondary N) is 4. The van der Waals surface area contributed by atoms with Crippen molar-refractivity contribution in [1.29, 1.82) is 0 Å². The van der Waals surface area contributed by atoms with Crippen LogP contribution < -0.4 is 21.7 Å². The van der Waals surface area contributed by atoms with E-state index in [1.54, 1.807) is 41.5 Å². The maximum absolute atomic E-state index is 11.6. The normalized spacial score (nSPS) is 11.4. The Morgan fingerprint density at radius 3 is 1.12 bits per heavy atom. The molecule has 0 saturated heterocycles. The smallest absolute Gasteiger partial charge is 0.243 e. The molecule has 0 saturated carbocycles. The molecule has 0 unspecified atom stereocenters. The number of carbonyl (C=O) groups is 4. The fraction of sp³-hybridized carbons (Fsp3) is 0.750. The van der Waals surface area contributed by atoms with Gasteiger partial charge in [-0.1, -0.05) is 41.5 Å². The van der Waals surface area contributed by atoms with Crippen molar-refractivity contribution >= 4 is 23.6 Å². The molecule has 0 aromatic carbocycles. The van der Waals surface area contributed by atoms with Gasteiger partial charge >= 0.3 is 0 Å². The molecule has 24 heavy (non-hydrogen) atoms. The lowest BCUT2D eigenvalue weighted by atomic mass is 9.96. The van der Waals surface area contributed by atoms with Gasteiger partial charge in [0.25, 0.3) is 0 Å². The molecule has 138 valence electrons. The third-order valence-corrected chi connectivity index (χ3v) is 3.05. The Bertz CT molecular complexity index is 431. The molecule has 0 fully saturated rings. The van der Waals surface area contributed by atoms with E-state index in [-0.39, 0.29) is 36.5 Å². The van der Waals surface area contributed by atoms with E-state index in [1.807, 2.05) is 0 Å². The van der Waals surface area contributed by atoms with Gasteiger partial charge in [-0.25, -0.2) is 0 Å². The number of hydrogen-bond donors (Lipinski definition) is 4. The van der Waals surface area contributed by atoms with E-state index in [2.05, 4.69) is 21.7 Å². The quantitative estimate of drug-likeness (QED) is 0.439. The Kier molecular flexibility index (Phi) is 8.43. The van der Waals surface area contributed by atoms with Gasteiger partial charge in [0.05, 0.1) is 0 Å². The van der Waals surface area contributed by atoms with Crippen LogP contribution in [0.2, 0.25) is 0 Å². The third-order valence-electron chi connectivity index (χ3n) is 3.05. The van der Waals surface area contributed by atoms with Crippen molar-refractivity contribution in [3.05, 3.63) is 0 Å². The van der Waals surface area contributed by atoms with E-state index in [0.717, 1.165) is 0 Å². The highest BCUT2D eigenvalue weighted by Crippen LogP contribution is 2.12. The monoisotopic (exact) mass is 342 g/mol. The van der Waals surface area contributed by atoms with Gasteiger partial charge in [-0.2, -0.15) is 0 Å². The molecule has 0 heterocycles. The van der Waals surface area contributed by atoms with E-state index in [4.69, 9.17) is 0 Å². The van der Waals surface area contributed by atoms with Crippen LogP contribution in [0, 0.1) is 10.8 Å². The maximum Gasteiger partial charge on any atom is 0.243 e. The second-order valence-electron chi connectivity index (χ2n) is 7.71. The highest BCUT2D eigenvalue weighted by atomic mass is 16.2. The van der Waals surface area contributed by atoms with Crippen LogP contribution in [-0.2, 0) is 19.2 Å². The highest BCUT2D eigenvalue weighted by molar-refractivity contribution is 5.85. The molecule has 0 aromatic rings. The summed E-state index contributed by atoms with van der Waals surface area (Å²) in [5.41, 5.74) is 8.22. The first-order chi connectivity index (χ1) is 10.8. The largest absolute Gasteiger partial charge is 0.273 e. The van der Waals surface area contributed by atoms with E-state index in [1.165, 1.54) is 0 Å². The average Bonchev–Trinajstić information content (AvgIpc) is 2.44. The van der Waals surface area contributed by atoms with Crippen molar-refractivity contribution in [3.63, 3.8) is 0 Å². The topological polar surface area (TPSA) is 116 Å². The summed E-state index contributed by atoms with van der Waals surface area (Å²) in [5, 5.41) is 0. The molecule has 0 rings (SSSR count). The van der Waals surface area contributed by atoms with Crippen LogP contribution in [0.3, 0.4) is 0 Å². The minimum atomic E-state index is -0.580. The van der Waals surface area contributed by atoms with Crippen molar-refractivity contribution in [1.82, 2.24) is 21.7 Å². The molecule has 0 aliphatic heterocycles. The minimum absolute atomic E-state index is 0.200. The molecule has 4 N–H and O–H groups in total. The molecule has 0 aliphatic carbocycles. The number of amides is 4. The molecule has 0 aliphatic rings. The van der Waals surface area contributed by atoms with Gasteiger partial charge in [0.15, 0.2) is 0 Å². The molecule has 0 bridgehead atoms. The Hall–Kier alpha value is -2.12. The number of hydrogen-bond acceptors (Lipinski definition) is 4. The predicted molar refractivity (Wildman–Crippen MR) is 89.9 cm³/mol. The van der Waals surface area contributed by atoms with Gasteiger partial charge in [-0.05, 0) is 12.8 Å². The lowest BCUT2D eigenvalue weighted by Crippen LogP contribution is -2.46. The maximum atomic E-state index is 11.6. The lowest BCUT2D eigenvalue weighted by molar-refractivity contribution is -0.134. The van der Waals surface area contributed by atoms with Gasteiger partial charge in [-0.3, -0.25) is 40.9 Å². The summed E-state index contributed by atoms with van der Waals surface area (Å²) in [4.78, 5) is 46.3. The summed E-state index contributed by atoms with van der Waals surface area (Å²) in [5.74, 6) is -1.17. The second-order valence-corrected chi connectivity index (χ2v) is 7.71. The summed E-state index contributed by atoms with van der Waals surface area (Å²) in [6.07, 6.45) is 1.40. The zero-order valence-corrected chi connectivity index (χ0v) is 15.5. The molecule has 0 atom stereocenters. The molecule has 0 aromatic heterocycles. The van der Waals surface area contributed by atoms with Crippen molar-refractivity contribution in [2.75, 3.05) is 0 Å². The Morgan fingerprint density at radius 2 is 0.875 bits per heavy atom. The first kappa shape index (κ1) is 21.9. The Balaban J connectivity index is 3.82. The van der Waals surface area contributed by atoms with Gasteiger partial charge in [0.1, 0.15) is 0 Å². The van der Waals surface area contributed by atoms with Gasteiger partial charge < -0.3 is 0 Å². The first-order valence-corrected chi connectivity index (χ1v) is 8.02. The SMILES string of the molecule is CC(C)(C)C(=O)NNC(=O)CCCCC(=O)NNC(=O)C(C)(C)C. The molecule has 8 heteroatoms. The first-order valence-electron chi connectivity index (χ1n) is 8.02. The van der Waals surface area contributed by atoms with Gasteiger partial charge in [-0.15, -0.1) is 0 Å². The summed E-state index contributed by atoms with van der Waals surface area (Å²) in [7, 11) is 0. The minimum Gasteiger partial charge on any atom is -0.273 e. The van der Waals surface area contributed by atoms with Crippen molar-refractivity contribution < 1.29 is 19.2 Å². The number of carbonyl (C=O) groups excluding carboxylic acids is 4. The summed E-state index contributed by atoms with van der Waals surface area (Å²) < 4.78 is 0. The molecular formula is C16H30N4O4. The number of hydrazine groups is 2. The van der Waals surface area contributed by atoms with Crippen LogP contribution >= 0.6 is 0 Å². The fourth-order valence-electron chi connectivity index (χ4n) is 1.32. The lowest BCUT2D eigenvalue weighted by Gasteiger charge is -2.18. The van der Waals surface area contributed by atoms with Gasteiger partial charge in [0, 0.05) is 23.7 Å². The van der Waals surface area contributed by atoms with Crippen molar-refractivity contribution in [2.24, 2.45) is 10.8 Å². The molecule has 0 radical (unpaired) electrons. The number of unbranched alkanes of at least 4 members (excludes halogenated alkanes) is 1. The molecule has 0 spiro atoms. The highest BCUT2D eigenvalue weighted by Gasteiger charge is 2.22. The molecule has 4 amide bonds. The Morgan fingerprint density at radius 1 is 0.583 bits per heavy atom. The van der Waals surface area contributed by atoms with E-state index >= 15 is 0 Å². The van der Waals surface area contributed by atoms with Crippen LogP contribution in [0.15, 0.2) is 0 Å². The molecule has 8 nitrogen and oxygen atoms in total. The van der Waals surface area contributed by atoms with E-state index < -0.39 is 10.8 Å². The van der Waals surface area contributed by atoms with Crippen LogP contribution in [0.25, 0.3) is 0 Å². The van der Waals surface area contributed by atoms with Crippen LogP contribution in [0.4, 0.5) is 0 Å². The summed E-state index contributed by atoms with van der Waals surface area (Å²) >= 11 is 0. The third kappa shape index (κ3) is 9.81. The fourth-order valence-corrected chi connectivity index (χ4v) is 1.32. The summed E-state index contributed by atoms with van der Waals surface area (Å²) in [6, 6.07) is 0. The van der Waals surface area contributed by atoms with Crippen LogP contribution in [-0.4, -0.2) is 23.6 Å². The van der Waals surface area contributed by atoms with Crippen molar-refractivity contribution in [2.45, 2.75) is 67.2 Å². The average molecular weight is 342 g/mol. The standard InChI is InChI=1S/C16H30N4O4/c1-15(2,3)13(23)19-17-11(21)9-7-8-10-12(22)18-20-14(24)16(4,5)6/h7-10H2,1-6H3,(H,17,21)(H,18,22)(H,19,23)(H,20,24). The number of rotatable bonds is 5. The van der Waals surface area contributed by atoms with E-state index in [9.17, 15) is 19.2 Å². The predicted octanol–water partition coefficient (Wildman–Crippen LogP) is 0.934. The van der Waals surface area contributed by atoms with Crippen LogP contribution in [0.5, 0.6) is 0 Å². The van der Waals surface area contributed by atoms with Crippen LogP contribution in [0.1, 0.15) is 67.2 Å². The Labute approximate surface area is 143 Å². The zero-order chi connectivity index (χ0) is 19.0. The van der Waals surface area contributed by atoms with Crippen molar-refractivity contribution in [3.8, 4) is 0 Å². The zero-order valence-electron chi connectivity index (χ0n) is 15.5. The molecular weight excluding hydrogens is 312 g/mol. The summed E-state index contributed by atoms with van der Waals surface area (Å²) in [6.45, 7) is 10.4.